The van der Waals surface area contributed by atoms with Crippen molar-refractivity contribution >= 4 is 18.4 Å². The van der Waals surface area contributed by atoms with Crippen LogP contribution in [0.4, 0.5) is 5.95 Å². The smallest absolute Gasteiger partial charge is 0.225 e. The second-order valence-corrected chi connectivity index (χ2v) is 5.98. The minimum absolute atomic E-state index is 0. The number of aliphatic hydroxyl groups excluding tert-OH is 1. The van der Waals surface area contributed by atoms with E-state index in [4.69, 9.17) is 9.47 Å². The first-order valence-electron chi connectivity index (χ1n) is 8.44. The second-order valence-electron chi connectivity index (χ2n) is 5.98. The number of ether oxygens (including phenoxy) is 2. The highest BCUT2D eigenvalue weighted by Crippen LogP contribution is 2.17. The molecule has 1 unspecified atom stereocenters. The molecule has 8 heteroatoms. The number of rotatable bonds is 7. The van der Waals surface area contributed by atoms with Gasteiger partial charge in [0.15, 0.2) is 0 Å². The van der Waals surface area contributed by atoms with Crippen molar-refractivity contribution in [3.63, 3.8) is 0 Å². The maximum Gasteiger partial charge on any atom is 0.225 e. The van der Waals surface area contributed by atoms with Crippen molar-refractivity contribution in [1.29, 1.82) is 0 Å². The van der Waals surface area contributed by atoms with E-state index in [1.165, 1.54) is 0 Å². The summed E-state index contributed by atoms with van der Waals surface area (Å²) in [5.41, 5.74) is 0. The molecule has 7 nitrogen and oxygen atoms in total. The molecular weight excluding hydrogens is 356 g/mol. The maximum atomic E-state index is 10.2. The molecule has 1 N–H and O–H groups in total. The monoisotopic (exact) mass is 380 g/mol. The van der Waals surface area contributed by atoms with Gasteiger partial charge in [0.25, 0.3) is 0 Å². The molecular formula is C18H25ClN4O3. The first kappa shape index (κ1) is 20.2. The van der Waals surface area contributed by atoms with E-state index < -0.39 is 6.10 Å². The van der Waals surface area contributed by atoms with Crippen molar-refractivity contribution in [2.75, 3.05) is 51.3 Å². The summed E-state index contributed by atoms with van der Waals surface area (Å²) >= 11 is 0. The van der Waals surface area contributed by atoms with E-state index in [1.807, 2.05) is 30.3 Å². The van der Waals surface area contributed by atoms with Crippen molar-refractivity contribution in [3.8, 4) is 11.5 Å². The summed E-state index contributed by atoms with van der Waals surface area (Å²) in [5.74, 6) is 2.28. The topological polar surface area (TPSA) is 71.0 Å². The second kappa shape index (κ2) is 10.2. The predicted molar refractivity (Wildman–Crippen MR) is 102 cm³/mol. The molecule has 0 amide bonds. The van der Waals surface area contributed by atoms with Gasteiger partial charge in [0.1, 0.15) is 24.2 Å². The van der Waals surface area contributed by atoms with Crippen molar-refractivity contribution in [2.24, 2.45) is 0 Å². The van der Waals surface area contributed by atoms with Gasteiger partial charge in [-0.2, -0.15) is 0 Å². The van der Waals surface area contributed by atoms with Crippen molar-refractivity contribution in [1.82, 2.24) is 14.9 Å². The van der Waals surface area contributed by atoms with Crippen LogP contribution in [0.5, 0.6) is 11.5 Å². The van der Waals surface area contributed by atoms with Crippen LogP contribution >= 0.6 is 12.4 Å². The number of benzene rings is 1. The molecule has 0 saturated carbocycles. The van der Waals surface area contributed by atoms with Gasteiger partial charge in [-0.3, -0.25) is 4.90 Å². The summed E-state index contributed by atoms with van der Waals surface area (Å²) in [6.07, 6.45) is 2.99. The Balaban J connectivity index is 0.00000243. The zero-order valence-corrected chi connectivity index (χ0v) is 15.6. The van der Waals surface area contributed by atoms with E-state index >= 15 is 0 Å². The van der Waals surface area contributed by atoms with E-state index in [1.54, 1.807) is 19.5 Å². The number of hydrogen-bond acceptors (Lipinski definition) is 7. The molecule has 1 fully saturated rings. The Morgan fingerprint density at radius 3 is 2.27 bits per heavy atom. The van der Waals surface area contributed by atoms with Crippen LogP contribution in [0.1, 0.15) is 0 Å². The van der Waals surface area contributed by atoms with Gasteiger partial charge < -0.3 is 19.5 Å². The summed E-state index contributed by atoms with van der Waals surface area (Å²) in [5, 5.41) is 10.2. The number of anilines is 1. The zero-order valence-electron chi connectivity index (χ0n) is 14.8. The molecule has 1 aliphatic heterocycles. The molecule has 0 spiro atoms. The van der Waals surface area contributed by atoms with Gasteiger partial charge in [-0.1, -0.05) is 0 Å². The lowest BCUT2D eigenvalue weighted by atomic mass is 10.2. The number of aromatic nitrogens is 2. The molecule has 1 atom stereocenters. The minimum Gasteiger partial charge on any atom is -0.497 e. The largest absolute Gasteiger partial charge is 0.497 e. The quantitative estimate of drug-likeness (QED) is 0.779. The third kappa shape index (κ3) is 5.72. The summed E-state index contributed by atoms with van der Waals surface area (Å²) in [6.45, 7) is 4.33. The van der Waals surface area contributed by atoms with Crippen LogP contribution in [0.3, 0.4) is 0 Å². The highest BCUT2D eigenvalue weighted by molar-refractivity contribution is 5.85. The van der Waals surface area contributed by atoms with Crippen LogP contribution in [0.2, 0.25) is 0 Å². The third-order valence-electron chi connectivity index (χ3n) is 4.18. The molecule has 0 bridgehead atoms. The number of methoxy groups -OCH3 is 1. The molecule has 2 aromatic rings. The summed E-state index contributed by atoms with van der Waals surface area (Å²) < 4.78 is 10.7. The third-order valence-corrected chi connectivity index (χ3v) is 4.18. The Morgan fingerprint density at radius 2 is 1.65 bits per heavy atom. The zero-order chi connectivity index (χ0) is 17.5. The molecule has 1 saturated heterocycles. The molecule has 0 aliphatic carbocycles. The molecule has 142 valence electrons. The van der Waals surface area contributed by atoms with Gasteiger partial charge in [-0.25, -0.2) is 9.97 Å². The van der Waals surface area contributed by atoms with Crippen molar-refractivity contribution < 1.29 is 14.6 Å². The number of piperazine rings is 1. The Kier molecular flexibility index (Phi) is 7.90. The lowest BCUT2D eigenvalue weighted by Gasteiger charge is -2.35. The molecule has 1 aliphatic rings. The first-order valence-corrected chi connectivity index (χ1v) is 8.44. The maximum absolute atomic E-state index is 10.2. The lowest BCUT2D eigenvalue weighted by Crippen LogP contribution is -2.49. The highest BCUT2D eigenvalue weighted by Gasteiger charge is 2.20. The highest BCUT2D eigenvalue weighted by atomic mass is 35.5. The average molecular weight is 381 g/mol. The van der Waals surface area contributed by atoms with Gasteiger partial charge in [0, 0.05) is 45.1 Å². The van der Waals surface area contributed by atoms with Gasteiger partial charge in [0.05, 0.1) is 7.11 Å². The Labute approximate surface area is 160 Å². The average Bonchev–Trinajstić information content (AvgIpc) is 2.68. The molecule has 26 heavy (non-hydrogen) atoms. The minimum atomic E-state index is -0.526. The van der Waals surface area contributed by atoms with Crippen LogP contribution in [0, 0.1) is 0 Å². The first-order chi connectivity index (χ1) is 12.2. The normalized spacial score (nSPS) is 15.8. The van der Waals surface area contributed by atoms with E-state index in [2.05, 4.69) is 19.8 Å². The predicted octanol–water partition coefficient (Wildman–Crippen LogP) is 1.47. The Morgan fingerprint density at radius 1 is 1.04 bits per heavy atom. The van der Waals surface area contributed by atoms with Crippen LogP contribution in [-0.4, -0.2) is 72.5 Å². The Hall–Kier alpha value is -2.09. The molecule has 3 rings (SSSR count). The van der Waals surface area contributed by atoms with Gasteiger partial charge in [-0.05, 0) is 30.3 Å². The van der Waals surface area contributed by atoms with Crippen LogP contribution in [0.25, 0.3) is 0 Å². The van der Waals surface area contributed by atoms with Gasteiger partial charge in [-0.15, -0.1) is 12.4 Å². The molecule has 1 aromatic carbocycles. The fraction of sp³-hybridized carbons (Fsp3) is 0.444. The number of halogens is 1. The number of aliphatic hydroxyl groups is 1. The number of β-amino-alcohol motifs (C(OH)–C–C–N with tert-alkyl or cyclic N) is 1. The van der Waals surface area contributed by atoms with Crippen LogP contribution < -0.4 is 14.4 Å². The van der Waals surface area contributed by atoms with E-state index in [0.29, 0.717) is 6.54 Å². The summed E-state index contributed by atoms with van der Waals surface area (Å²) in [6, 6.07) is 9.17. The van der Waals surface area contributed by atoms with Crippen molar-refractivity contribution in [2.45, 2.75) is 6.10 Å². The molecule has 0 radical (unpaired) electrons. The van der Waals surface area contributed by atoms with E-state index in [0.717, 1.165) is 43.6 Å². The standard InChI is InChI=1S/C18H24N4O3.ClH/c1-24-16-3-5-17(6-4-16)25-14-15(23)13-21-9-11-22(12-10-21)18-19-7-2-8-20-18;/h2-8,15,23H,9-14H2,1H3;1H. The van der Waals surface area contributed by atoms with E-state index in [-0.39, 0.29) is 19.0 Å². The van der Waals surface area contributed by atoms with Crippen LogP contribution in [-0.2, 0) is 0 Å². The van der Waals surface area contributed by atoms with Gasteiger partial charge in [0.2, 0.25) is 5.95 Å². The number of hydrogen-bond donors (Lipinski definition) is 1. The summed E-state index contributed by atoms with van der Waals surface area (Å²) in [7, 11) is 1.63. The molecule has 2 heterocycles. The van der Waals surface area contributed by atoms with Crippen LogP contribution in [0.15, 0.2) is 42.7 Å². The van der Waals surface area contributed by atoms with Gasteiger partial charge >= 0.3 is 0 Å². The van der Waals surface area contributed by atoms with Crippen molar-refractivity contribution in [3.05, 3.63) is 42.7 Å². The fourth-order valence-electron chi connectivity index (χ4n) is 2.80. The Bertz CT molecular complexity index is 637. The number of nitrogens with zero attached hydrogens (tertiary/aromatic N) is 4. The summed E-state index contributed by atoms with van der Waals surface area (Å²) in [4.78, 5) is 13.0. The lowest BCUT2D eigenvalue weighted by molar-refractivity contribution is 0.0662. The molecule has 1 aromatic heterocycles. The fourth-order valence-corrected chi connectivity index (χ4v) is 2.80. The van der Waals surface area contributed by atoms with E-state index in [9.17, 15) is 5.11 Å². The SMILES string of the molecule is COc1ccc(OCC(O)CN2CCN(c3ncccn3)CC2)cc1.Cl.